The molecule has 0 spiro atoms. The van der Waals surface area contributed by atoms with E-state index in [2.05, 4.69) is 11.5 Å². The minimum absolute atomic E-state index is 0.0564. The standard InChI is InChI=1S/C18H17N3O/c19-13-21-11-10-17(12-21)20-18(22)16-8-6-15(7-9-16)14-4-2-1-3-5-14/h1-9,17H,10-12H2,(H,20,22)/t17-/m1/s1. The first-order chi connectivity index (χ1) is 10.8. The lowest BCUT2D eigenvalue weighted by molar-refractivity contribution is 0.0939. The highest BCUT2D eigenvalue weighted by molar-refractivity contribution is 5.94. The summed E-state index contributed by atoms with van der Waals surface area (Å²) >= 11 is 0. The number of carbonyl (C=O) groups excluding carboxylic acids is 1. The van der Waals surface area contributed by atoms with Gasteiger partial charge >= 0.3 is 0 Å². The van der Waals surface area contributed by atoms with Crippen molar-refractivity contribution < 1.29 is 4.79 Å². The molecule has 110 valence electrons. The van der Waals surface area contributed by atoms with Crippen LogP contribution in [0.4, 0.5) is 0 Å². The van der Waals surface area contributed by atoms with E-state index in [-0.39, 0.29) is 11.9 Å². The molecule has 1 aliphatic heterocycles. The molecule has 2 aromatic carbocycles. The average molecular weight is 291 g/mol. The lowest BCUT2D eigenvalue weighted by atomic mass is 10.0. The summed E-state index contributed by atoms with van der Waals surface area (Å²) in [5.74, 6) is -0.0793. The summed E-state index contributed by atoms with van der Waals surface area (Å²) < 4.78 is 0. The van der Waals surface area contributed by atoms with Crippen LogP contribution >= 0.6 is 0 Å². The van der Waals surface area contributed by atoms with Gasteiger partial charge < -0.3 is 10.2 Å². The number of benzene rings is 2. The van der Waals surface area contributed by atoms with Crippen molar-refractivity contribution in [2.75, 3.05) is 13.1 Å². The number of hydrogen-bond donors (Lipinski definition) is 1. The van der Waals surface area contributed by atoms with Gasteiger partial charge in [-0.2, -0.15) is 5.26 Å². The van der Waals surface area contributed by atoms with E-state index in [9.17, 15) is 4.79 Å². The maximum absolute atomic E-state index is 12.2. The van der Waals surface area contributed by atoms with Crippen LogP contribution in [0.5, 0.6) is 0 Å². The summed E-state index contributed by atoms with van der Waals surface area (Å²) in [5.41, 5.74) is 2.87. The summed E-state index contributed by atoms with van der Waals surface area (Å²) in [4.78, 5) is 13.9. The minimum Gasteiger partial charge on any atom is -0.347 e. The smallest absolute Gasteiger partial charge is 0.251 e. The molecule has 1 saturated heterocycles. The topological polar surface area (TPSA) is 56.1 Å². The summed E-state index contributed by atoms with van der Waals surface area (Å²) in [7, 11) is 0. The Labute approximate surface area is 130 Å². The molecule has 4 nitrogen and oxygen atoms in total. The van der Waals surface area contributed by atoms with Crippen molar-refractivity contribution in [2.45, 2.75) is 12.5 Å². The Balaban J connectivity index is 1.66. The monoisotopic (exact) mass is 291 g/mol. The van der Waals surface area contributed by atoms with Gasteiger partial charge in [-0.25, -0.2) is 0 Å². The Morgan fingerprint density at radius 2 is 1.77 bits per heavy atom. The highest BCUT2D eigenvalue weighted by Gasteiger charge is 2.23. The Morgan fingerprint density at radius 1 is 1.09 bits per heavy atom. The number of nitrogens with zero attached hydrogens (tertiary/aromatic N) is 2. The molecule has 0 saturated carbocycles. The predicted octanol–water partition coefficient (Wildman–Crippen LogP) is 2.64. The van der Waals surface area contributed by atoms with Gasteiger partial charge in [-0.05, 0) is 29.7 Å². The molecule has 1 atom stereocenters. The molecule has 1 N–H and O–H groups in total. The van der Waals surface area contributed by atoms with Gasteiger partial charge in [-0.3, -0.25) is 4.79 Å². The van der Waals surface area contributed by atoms with Crippen LogP contribution in [0.2, 0.25) is 0 Å². The fraction of sp³-hybridized carbons (Fsp3) is 0.222. The van der Waals surface area contributed by atoms with E-state index in [1.165, 1.54) is 0 Å². The van der Waals surface area contributed by atoms with Gasteiger partial charge in [0.1, 0.15) is 0 Å². The molecule has 1 amide bonds. The number of nitrogens with one attached hydrogen (secondary N) is 1. The van der Waals surface area contributed by atoms with Crippen molar-refractivity contribution in [1.82, 2.24) is 10.2 Å². The molecular weight excluding hydrogens is 274 g/mol. The maximum Gasteiger partial charge on any atom is 0.251 e. The molecule has 0 bridgehead atoms. The van der Waals surface area contributed by atoms with E-state index in [1.54, 1.807) is 4.90 Å². The molecule has 0 aromatic heterocycles. The van der Waals surface area contributed by atoms with Crippen LogP contribution in [-0.4, -0.2) is 29.9 Å². The van der Waals surface area contributed by atoms with Crippen molar-refractivity contribution in [3.8, 4) is 17.3 Å². The molecular formula is C18H17N3O. The van der Waals surface area contributed by atoms with E-state index in [0.29, 0.717) is 18.7 Å². The van der Waals surface area contributed by atoms with Crippen molar-refractivity contribution in [3.05, 3.63) is 60.2 Å². The van der Waals surface area contributed by atoms with E-state index < -0.39 is 0 Å². The second kappa shape index (κ2) is 6.31. The number of carbonyl (C=O) groups is 1. The summed E-state index contributed by atoms with van der Waals surface area (Å²) in [6.45, 7) is 1.32. The number of rotatable bonds is 3. The molecule has 2 aromatic rings. The molecule has 3 rings (SSSR count). The minimum atomic E-state index is -0.0793. The summed E-state index contributed by atoms with van der Waals surface area (Å²) in [6.07, 6.45) is 2.94. The lowest BCUT2D eigenvalue weighted by Crippen LogP contribution is -2.36. The molecule has 0 aliphatic carbocycles. The lowest BCUT2D eigenvalue weighted by Gasteiger charge is -2.12. The first-order valence-electron chi connectivity index (χ1n) is 7.37. The highest BCUT2D eigenvalue weighted by Crippen LogP contribution is 2.19. The maximum atomic E-state index is 12.2. The van der Waals surface area contributed by atoms with Crippen LogP contribution in [0.15, 0.2) is 54.6 Å². The highest BCUT2D eigenvalue weighted by atomic mass is 16.1. The Kier molecular flexibility index (Phi) is 4.06. The first kappa shape index (κ1) is 14.2. The van der Waals surface area contributed by atoms with E-state index in [4.69, 9.17) is 5.26 Å². The van der Waals surface area contributed by atoms with Crippen LogP contribution in [0.3, 0.4) is 0 Å². The second-order valence-corrected chi connectivity index (χ2v) is 5.45. The van der Waals surface area contributed by atoms with Gasteiger partial charge in [-0.1, -0.05) is 42.5 Å². The van der Waals surface area contributed by atoms with Crippen LogP contribution in [0.1, 0.15) is 16.8 Å². The van der Waals surface area contributed by atoms with Gasteiger partial charge in [0.15, 0.2) is 6.19 Å². The molecule has 1 heterocycles. The van der Waals surface area contributed by atoms with Crippen molar-refractivity contribution >= 4 is 5.91 Å². The van der Waals surface area contributed by atoms with E-state index in [1.807, 2.05) is 54.6 Å². The third kappa shape index (κ3) is 3.09. The normalized spacial score (nSPS) is 17.0. The van der Waals surface area contributed by atoms with Crippen LogP contribution < -0.4 is 5.32 Å². The second-order valence-electron chi connectivity index (χ2n) is 5.45. The van der Waals surface area contributed by atoms with Gasteiger partial charge in [0.2, 0.25) is 0 Å². The van der Waals surface area contributed by atoms with Gasteiger partial charge in [0.05, 0.1) is 0 Å². The molecule has 0 radical (unpaired) electrons. The molecule has 4 heteroatoms. The number of likely N-dealkylation sites (tertiary alicyclic amines) is 1. The zero-order chi connectivity index (χ0) is 15.4. The number of nitriles is 1. The molecule has 1 fully saturated rings. The van der Waals surface area contributed by atoms with Crippen LogP contribution in [0.25, 0.3) is 11.1 Å². The number of hydrogen-bond acceptors (Lipinski definition) is 3. The molecule has 1 aliphatic rings. The Bertz CT molecular complexity index is 689. The fourth-order valence-corrected chi connectivity index (χ4v) is 2.68. The zero-order valence-corrected chi connectivity index (χ0v) is 12.2. The van der Waals surface area contributed by atoms with Crippen LogP contribution in [0, 0.1) is 11.5 Å². The summed E-state index contributed by atoms with van der Waals surface area (Å²) in [5, 5.41) is 11.8. The third-order valence-electron chi connectivity index (χ3n) is 3.92. The first-order valence-corrected chi connectivity index (χ1v) is 7.37. The fourth-order valence-electron chi connectivity index (χ4n) is 2.68. The third-order valence-corrected chi connectivity index (χ3v) is 3.92. The Morgan fingerprint density at radius 3 is 2.41 bits per heavy atom. The quantitative estimate of drug-likeness (QED) is 0.884. The molecule has 22 heavy (non-hydrogen) atoms. The predicted molar refractivity (Wildman–Crippen MR) is 84.9 cm³/mol. The zero-order valence-electron chi connectivity index (χ0n) is 12.2. The van der Waals surface area contributed by atoms with Gasteiger partial charge in [-0.15, -0.1) is 0 Å². The summed E-state index contributed by atoms with van der Waals surface area (Å²) in [6, 6.07) is 17.7. The van der Waals surface area contributed by atoms with E-state index >= 15 is 0 Å². The van der Waals surface area contributed by atoms with Crippen molar-refractivity contribution in [2.24, 2.45) is 0 Å². The van der Waals surface area contributed by atoms with Crippen molar-refractivity contribution in [1.29, 1.82) is 5.26 Å². The van der Waals surface area contributed by atoms with E-state index in [0.717, 1.165) is 17.5 Å². The van der Waals surface area contributed by atoms with Crippen LogP contribution in [-0.2, 0) is 0 Å². The Hall–Kier alpha value is -2.80. The SMILES string of the molecule is N#CN1CC[C@@H](NC(=O)c2ccc(-c3ccccc3)cc2)C1. The average Bonchev–Trinajstić information content (AvgIpc) is 3.03. The van der Waals surface area contributed by atoms with Crippen molar-refractivity contribution in [3.63, 3.8) is 0 Å². The van der Waals surface area contributed by atoms with Gasteiger partial charge in [0, 0.05) is 24.7 Å². The number of amides is 1. The largest absolute Gasteiger partial charge is 0.347 e. The van der Waals surface area contributed by atoms with Gasteiger partial charge in [0.25, 0.3) is 5.91 Å². The molecule has 0 unspecified atom stereocenters.